The van der Waals surface area contributed by atoms with Crippen molar-refractivity contribution in [3.05, 3.63) is 52.5 Å². The second kappa shape index (κ2) is 9.68. The number of amides is 4. The van der Waals surface area contributed by atoms with Crippen LogP contribution in [0.4, 0.5) is 9.80 Å². The number of aromatic amines is 1. The van der Waals surface area contributed by atoms with Crippen LogP contribution in [-0.2, 0) is 20.7 Å². The fourth-order valence-electron chi connectivity index (χ4n) is 3.84. The highest BCUT2D eigenvalue weighted by molar-refractivity contribution is 7.16. The van der Waals surface area contributed by atoms with Gasteiger partial charge in [-0.05, 0) is 30.5 Å². The number of urea groups is 1. The van der Waals surface area contributed by atoms with E-state index in [2.05, 4.69) is 15.6 Å². The second-order valence-electron chi connectivity index (χ2n) is 8.30. The number of anilines is 1. The molecule has 0 spiro atoms. The van der Waals surface area contributed by atoms with Crippen LogP contribution in [0, 0.1) is 0 Å². The van der Waals surface area contributed by atoms with Crippen molar-refractivity contribution in [3.63, 3.8) is 0 Å². The molecule has 4 amide bonds. The average Bonchev–Trinajstić information content (AvgIpc) is 3.47. The minimum absolute atomic E-state index is 0.153. The molecular formula is C24H26N4O5S. The van der Waals surface area contributed by atoms with Crippen molar-refractivity contribution in [3.8, 4) is 0 Å². The third kappa shape index (κ3) is 4.67. The third-order valence-corrected chi connectivity index (χ3v) is 6.93. The van der Waals surface area contributed by atoms with Crippen molar-refractivity contribution < 1.29 is 23.9 Å². The number of hydrogen-bond donors (Lipinski definition) is 3. The SMILES string of the molecule is CCOC(=O)c1cc(C(C)C)sc1NC(=O)CN1C(=O)NC(Cc2c[nH]c3ccccc23)C1=O. The van der Waals surface area contributed by atoms with E-state index in [1.54, 1.807) is 13.0 Å². The number of hydrogen-bond acceptors (Lipinski definition) is 6. The molecule has 3 heterocycles. The first-order valence-electron chi connectivity index (χ1n) is 11.1. The number of fused-ring (bicyclic) bond motifs is 1. The van der Waals surface area contributed by atoms with Crippen molar-refractivity contribution in [1.82, 2.24) is 15.2 Å². The second-order valence-corrected chi connectivity index (χ2v) is 9.39. The van der Waals surface area contributed by atoms with Crippen molar-refractivity contribution >= 4 is 51.1 Å². The van der Waals surface area contributed by atoms with Gasteiger partial charge in [-0.2, -0.15) is 0 Å². The molecule has 178 valence electrons. The number of H-pyrrole nitrogens is 1. The Morgan fingerprint density at radius 3 is 2.74 bits per heavy atom. The lowest BCUT2D eigenvalue weighted by Gasteiger charge is -2.13. The quantitative estimate of drug-likeness (QED) is 0.334. The van der Waals surface area contributed by atoms with Gasteiger partial charge in [-0.15, -0.1) is 11.3 Å². The summed E-state index contributed by atoms with van der Waals surface area (Å²) in [5.74, 6) is -1.42. The van der Waals surface area contributed by atoms with Crippen LogP contribution in [0.2, 0.25) is 0 Å². The molecule has 4 rings (SSSR count). The van der Waals surface area contributed by atoms with Gasteiger partial charge in [-0.25, -0.2) is 9.59 Å². The van der Waals surface area contributed by atoms with Crippen LogP contribution < -0.4 is 10.6 Å². The summed E-state index contributed by atoms with van der Waals surface area (Å²) in [7, 11) is 0. The van der Waals surface area contributed by atoms with E-state index < -0.39 is 36.4 Å². The number of imide groups is 1. The molecule has 9 nitrogen and oxygen atoms in total. The molecule has 1 aliphatic heterocycles. The van der Waals surface area contributed by atoms with Gasteiger partial charge in [0.1, 0.15) is 17.6 Å². The van der Waals surface area contributed by atoms with E-state index in [1.807, 2.05) is 44.3 Å². The van der Waals surface area contributed by atoms with Crippen LogP contribution >= 0.6 is 11.3 Å². The average molecular weight is 483 g/mol. The molecule has 1 atom stereocenters. The normalized spacial score (nSPS) is 15.8. The fraction of sp³-hybridized carbons (Fsp3) is 0.333. The zero-order valence-corrected chi connectivity index (χ0v) is 20.0. The molecule has 0 aliphatic carbocycles. The maximum absolute atomic E-state index is 12.9. The molecule has 1 unspecified atom stereocenters. The zero-order chi connectivity index (χ0) is 24.4. The van der Waals surface area contributed by atoms with Gasteiger partial charge in [-0.3, -0.25) is 14.5 Å². The van der Waals surface area contributed by atoms with Gasteiger partial charge < -0.3 is 20.4 Å². The summed E-state index contributed by atoms with van der Waals surface area (Å²) in [6.07, 6.45) is 2.13. The number of carbonyl (C=O) groups excluding carboxylic acids is 4. The number of para-hydroxylation sites is 1. The van der Waals surface area contributed by atoms with Crippen LogP contribution in [0.25, 0.3) is 10.9 Å². The van der Waals surface area contributed by atoms with Gasteiger partial charge in [0, 0.05) is 28.4 Å². The predicted molar refractivity (Wildman–Crippen MR) is 129 cm³/mol. The standard InChI is InChI=1S/C24H26N4O5S/c1-4-33-23(31)16-10-19(13(2)3)34-21(16)27-20(29)12-28-22(30)18(26-24(28)32)9-14-11-25-17-8-6-5-7-15(14)17/h5-8,10-11,13,18,25H,4,9,12H2,1-3H3,(H,26,32)(H,27,29). The monoisotopic (exact) mass is 482 g/mol. The molecule has 0 saturated carbocycles. The molecule has 1 aliphatic rings. The molecule has 10 heteroatoms. The molecule has 3 aromatic rings. The first kappa shape index (κ1) is 23.5. The highest BCUT2D eigenvalue weighted by atomic mass is 32.1. The Labute approximate surface area is 200 Å². The Bertz CT molecular complexity index is 1260. The number of nitrogens with one attached hydrogen (secondary N) is 3. The third-order valence-electron chi connectivity index (χ3n) is 5.58. The number of ether oxygens (including phenoxy) is 1. The lowest BCUT2D eigenvalue weighted by molar-refractivity contribution is -0.130. The lowest BCUT2D eigenvalue weighted by atomic mass is 10.1. The van der Waals surface area contributed by atoms with E-state index in [0.717, 1.165) is 26.2 Å². The van der Waals surface area contributed by atoms with Crippen molar-refractivity contribution in [1.29, 1.82) is 0 Å². The first-order chi connectivity index (χ1) is 16.3. The van der Waals surface area contributed by atoms with Gasteiger partial charge >= 0.3 is 12.0 Å². The van der Waals surface area contributed by atoms with Crippen molar-refractivity contribution in [2.45, 2.75) is 39.2 Å². The minimum Gasteiger partial charge on any atom is -0.462 e. The van der Waals surface area contributed by atoms with E-state index >= 15 is 0 Å². The molecule has 0 bridgehead atoms. The summed E-state index contributed by atoms with van der Waals surface area (Å²) in [6.45, 7) is 5.42. The molecule has 1 aromatic carbocycles. The first-order valence-corrected chi connectivity index (χ1v) is 11.9. The largest absolute Gasteiger partial charge is 0.462 e. The van der Waals surface area contributed by atoms with E-state index in [9.17, 15) is 19.2 Å². The van der Waals surface area contributed by atoms with Gasteiger partial charge in [0.05, 0.1) is 12.2 Å². The Kier molecular flexibility index (Phi) is 6.69. The molecule has 0 radical (unpaired) electrons. The summed E-state index contributed by atoms with van der Waals surface area (Å²) in [6, 6.07) is 8.02. The number of aromatic nitrogens is 1. The summed E-state index contributed by atoms with van der Waals surface area (Å²) >= 11 is 1.27. The van der Waals surface area contributed by atoms with E-state index in [1.165, 1.54) is 11.3 Å². The van der Waals surface area contributed by atoms with Crippen LogP contribution in [-0.4, -0.2) is 52.9 Å². The minimum atomic E-state index is -0.760. The Morgan fingerprint density at radius 2 is 2.00 bits per heavy atom. The molecule has 3 N–H and O–H groups in total. The molecular weight excluding hydrogens is 456 g/mol. The maximum atomic E-state index is 12.9. The van der Waals surface area contributed by atoms with Crippen molar-refractivity contribution in [2.24, 2.45) is 0 Å². The maximum Gasteiger partial charge on any atom is 0.341 e. The molecule has 2 aromatic heterocycles. The number of rotatable bonds is 8. The van der Waals surface area contributed by atoms with Crippen LogP contribution in [0.5, 0.6) is 0 Å². The summed E-state index contributed by atoms with van der Waals surface area (Å²) in [5.41, 5.74) is 2.11. The molecule has 1 saturated heterocycles. The lowest BCUT2D eigenvalue weighted by Crippen LogP contribution is -2.38. The summed E-state index contributed by atoms with van der Waals surface area (Å²) in [4.78, 5) is 55.4. The fourth-order valence-corrected chi connectivity index (χ4v) is 4.91. The smallest absolute Gasteiger partial charge is 0.341 e. The Balaban J connectivity index is 1.45. The zero-order valence-electron chi connectivity index (χ0n) is 19.1. The van der Waals surface area contributed by atoms with Gasteiger partial charge in [0.15, 0.2) is 0 Å². The number of benzene rings is 1. The van der Waals surface area contributed by atoms with Gasteiger partial charge in [0.25, 0.3) is 5.91 Å². The highest BCUT2D eigenvalue weighted by Gasteiger charge is 2.39. The van der Waals surface area contributed by atoms with Gasteiger partial charge in [0.2, 0.25) is 5.91 Å². The van der Waals surface area contributed by atoms with Crippen LogP contribution in [0.1, 0.15) is 47.5 Å². The van der Waals surface area contributed by atoms with Crippen molar-refractivity contribution in [2.75, 3.05) is 18.5 Å². The number of carbonyl (C=O) groups is 4. The number of thiophene rings is 1. The van der Waals surface area contributed by atoms with Gasteiger partial charge in [-0.1, -0.05) is 32.0 Å². The van der Waals surface area contributed by atoms with E-state index in [4.69, 9.17) is 4.74 Å². The molecule has 1 fully saturated rings. The van der Waals surface area contributed by atoms with Crippen LogP contribution in [0.15, 0.2) is 36.5 Å². The number of nitrogens with zero attached hydrogens (tertiary/aromatic N) is 1. The topological polar surface area (TPSA) is 121 Å². The van der Waals surface area contributed by atoms with Crippen LogP contribution in [0.3, 0.4) is 0 Å². The van der Waals surface area contributed by atoms with E-state index in [-0.39, 0.29) is 18.1 Å². The Morgan fingerprint density at radius 1 is 1.24 bits per heavy atom. The summed E-state index contributed by atoms with van der Waals surface area (Å²) in [5, 5.41) is 6.66. The highest BCUT2D eigenvalue weighted by Crippen LogP contribution is 2.33. The Hall–Kier alpha value is -3.66. The summed E-state index contributed by atoms with van der Waals surface area (Å²) < 4.78 is 5.09. The molecule has 34 heavy (non-hydrogen) atoms. The predicted octanol–water partition coefficient (Wildman–Crippen LogP) is 3.63. The number of esters is 1. The van der Waals surface area contributed by atoms with E-state index in [0.29, 0.717) is 11.4 Å².